The van der Waals surface area contributed by atoms with Gasteiger partial charge in [-0.15, -0.1) is 0 Å². The van der Waals surface area contributed by atoms with Crippen molar-refractivity contribution in [2.75, 3.05) is 13.6 Å². The summed E-state index contributed by atoms with van der Waals surface area (Å²) in [4.78, 5) is 12.8. The summed E-state index contributed by atoms with van der Waals surface area (Å²) in [5.41, 5.74) is 0. The van der Waals surface area contributed by atoms with E-state index in [2.05, 4.69) is 24.5 Å². The molecule has 0 radical (unpaired) electrons. The molecule has 1 amide bonds. The first-order chi connectivity index (χ1) is 14.8. The molecule has 2 aliphatic heterocycles. The lowest BCUT2D eigenvalue weighted by atomic mass is 9.88. The first kappa shape index (κ1) is 26.5. The van der Waals surface area contributed by atoms with Gasteiger partial charge in [0, 0.05) is 6.54 Å². The second-order valence-corrected chi connectivity index (χ2v) is 9.79. The van der Waals surface area contributed by atoms with Crippen LogP contribution < -0.4 is 10.6 Å². The Morgan fingerprint density at radius 2 is 1.77 bits per heavy atom. The molecule has 182 valence electrons. The molecule has 0 aromatic heterocycles. The molecule has 9 atom stereocenters. The molecule has 2 heterocycles. The summed E-state index contributed by atoms with van der Waals surface area (Å²) in [5, 5.41) is 27.0. The highest BCUT2D eigenvalue weighted by Gasteiger charge is 2.44. The van der Waals surface area contributed by atoms with Gasteiger partial charge in [-0.25, -0.2) is 0 Å². The average molecular weight is 443 g/mol. The van der Waals surface area contributed by atoms with Crippen molar-refractivity contribution in [3.63, 3.8) is 0 Å². The number of aliphatic hydroxyl groups is 2. The molecule has 0 aromatic carbocycles. The molecule has 2 aliphatic rings. The molecule has 2 unspecified atom stereocenters. The van der Waals surface area contributed by atoms with E-state index in [1.54, 1.807) is 14.0 Å². The Kier molecular flexibility index (Phi) is 11.2. The summed E-state index contributed by atoms with van der Waals surface area (Å²) in [6.07, 6.45) is 5.24. The van der Waals surface area contributed by atoms with Gasteiger partial charge in [0.05, 0.1) is 30.3 Å². The number of carbonyl (C=O) groups is 1. The number of likely N-dealkylation sites (N-methyl/N-ethyl adjacent to an activating group) is 1. The molecule has 7 nitrogen and oxygen atoms in total. The van der Waals surface area contributed by atoms with Crippen LogP contribution in [-0.4, -0.2) is 66.5 Å². The Hall–Kier alpha value is -0.730. The standard InChI is InChI=1S/C24H46N2O5/c1-6-18-10-7-9-15(2)12-13-19(16(3)23(29)26-14-8-11-18)31-24-22(28)20(25-5)21(27)17(4)30-24/h15-22,24-25,27-28H,6-14H2,1-5H3,(H,26,29)/t15?,16-,17+,18?,19+,20-,21-,22-,24+/m1/s1. The van der Waals surface area contributed by atoms with E-state index in [1.807, 2.05) is 6.92 Å². The zero-order chi connectivity index (χ0) is 23.0. The summed E-state index contributed by atoms with van der Waals surface area (Å²) >= 11 is 0. The molecule has 7 heteroatoms. The smallest absolute Gasteiger partial charge is 0.225 e. The van der Waals surface area contributed by atoms with E-state index in [-0.39, 0.29) is 17.9 Å². The minimum Gasteiger partial charge on any atom is -0.389 e. The van der Waals surface area contributed by atoms with Crippen LogP contribution in [0, 0.1) is 17.8 Å². The Labute approximate surface area is 188 Å². The van der Waals surface area contributed by atoms with Gasteiger partial charge < -0.3 is 30.3 Å². The maximum absolute atomic E-state index is 12.8. The van der Waals surface area contributed by atoms with Gasteiger partial charge in [-0.05, 0) is 51.5 Å². The molecule has 31 heavy (non-hydrogen) atoms. The molecular formula is C24H46N2O5. The van der Waals surface area contributed by atoms with Crippen LogP contribution >= 0.6 is 0 Å². The number of carbonyl (C=O) groups excluding carboxylic acids is 1. The largest absolute Gasteiger partial charge is 0.389 e. The van der Waals surface area contributed by atoms with Crippen molar-refractivity contribution in [3.05, 3.63) is 0 Å². The van der Waals surface area contributed by atoms with Gasteiger partial charge >= 0.3 is 0 Å². The van der Waals surface area contributed by atoms with Crippen molar-refractivity contribution in [2.45, 2.75) is 116 Å². The van der Waals surface area contributed by atoms with Gasteiger partial charge in [-0.3, -0.25) is 4.79 Å². The minimum absolute atomic E-state index is 0.00805. The fourth-order valence-electron chi connectivity index (χ4n) is 4.93. The summed E-state index contributed by atoms with van der Waals surface area (Å²) in [6, 6.07) is -0.540. The van der Waals surface area contributed by atoms with E-state index in [9.17, 15) is 15.0 Å². The lowest BCUT2D eigenvalue weighted by Crippen LogP contribution is -2.62. The van der Waals surface area contributed by atoms with Gasteiger partial charge in [0.15, 0.2) is 6.29 Å². The van der Waals surface area contributed by atoms with Gasteiger partial charge in [-0.2, -0.15) is 0 Å². The maximum Gasteiger partial charge on any atom is 0.225 e. The number of nitrogens with one attached hydrogen (secondary N) is 2. The fourth-order valence-corrected chi connectivity index (χ4v) is 4.93. The van der Waals surface area contributed by atoms with E-state index in [4.69, 9.17) is 9.47 Å². The summed E-state index contributed by atoms with van der Waals surface area (Å²) in [6.45, 7) is 8.90. The predicted molar refractivity (Wildman–Crippen MR) is 122 cm³/mol. The highest BCUT2D eigenvalue weighted by molar-refractivity contribution is 5.78. The van der Waals surface area contributed by atoms with Crippen LogP contribution in [0.1, 0.15) is 79.1 Å². The first-order valence-corrected chi connectivity index (χ1v) is 12.4. The van der Waals surface area contributed by atoms with Crippen molar-refractivity contribution in [1.82, 2.24) is 10.6 Å². The highest BCUT2D eigenvalue weighted by Crippen LogP contribution is 2.28. The summed E-state index contributed by atoms with van der Waals surface area (Å²) < 4.78 is 12.0. The van der Waals surface area contributed by atoms with Crippen LogP contribution in [0.3, 0.4) is 0 Å². The Morgan fingerprint density at radius 1 is 1.06 bits per heavy atom. The van der Waals surface area contributed by atoms with Crippen LogP contribution in [0.5, 0.6) is 0 Å². The molecule has 0 spiro atoms. The van der Waals surface area contributed by atoms with Crippen LogP contribution in [0.25, 0.3) is 0 Å². The zero-order valence-corrected chi connectivity index (χ0v) is 20.2. The van der Waals surface area contributed by atoms with E-state index < -0.39 is 30.6 Å². The Balaban J connectivity index is 2.08. The molecule has 4 N–H and O–H groups in total. The molecule has 2 saturated heterocycles. The van der Waals surface area contributed by atoms with Crippen LogP contribution in [-0.2, 0) is 14.3 Å². The van der Waals surface area contributed by atoms with Crippen molar-refractivity contribution in [3.8, 4) is 0 Å². The number of ether oxygens (including phenoxy) is 2. The normalized spacial score (nSPS) is 41.9. The maximum atomic E-state index is 12.8. The van der Waals surface area contributed by atoms with E-state index in [1.165, 1.54) is 25.7 Å². The monoisotopic (exact) mass is 442 g/mol. The van der Waals surface area contributed by atoms with Crippen molar-refractivity contribution in [2.24, 2.45) is 17.8 Å². The number of aliphatic hydroxyl groups excluding tert-OH is 2. The molecule has 2 fully saturated rings. The molecular weight excluding hydrogens is 396 g/mol. The lowest BCUT2D eigenvalue weighted by molar-refractivity contribution is -0.287. The SMILES string of the molecule is CCC1CCCNC(=O)[C@H](C)[C@@H](O[C@@H]2O[C@@H](C)[C@@H](O)[C@@H](NC)[C@H]2O)CCC(C)CCC1. The Morgan fingerprint density at radius 3 is 2.45 bits per heavy atom. The number of hydrogen-bond acceptors (Lipinski definition) is 6. The second-order valence-electron chi connectivity index (χ2n) is 9.79. The molecule has 0 saturated carbocycles. The second kappa shape index (κ2) is 13.1. The molecule has 0 aliphatic carbocycles. The lowest BCUT2D eigenvalue weighted by Gasteiger charge is -2.43. The van der Waals surface area contributed by atoms with E-state index in [0.717, 1.165) is 31.6 Å². The third-order valence-corrected chi connectivity index (χ3v) is 7.38. The summed E-state index contributed by atoms with van der Waals surface area (Å²) in [7, 11) is 1.70. The number of amides is 1. The molecule has 0 bridgehead atoms. The van der Waals surface area contributed by atoms with Crippen LogP contribution in [0.2, 0.25) is 0 Å². The van der Waals surface area contributed by atoms with Crippen molar-refractivity contribution < 1.29 is 24.5 Å². The van der Waals surface area contributed by atoms with Crippen LogP contribution in [0.15, 0.2) is 0 Å². The van der Waals surface area contributed by atoms with Gasteiger partial charge in [0.2, 0.25) is 5.91 Å². The third-order valence-electron chi connectivity index (χ3n) is 7.38. The fraction of sp³-hybridized carbons (Fsp3) is 0.958. The van der Waals surface area contributed by atoms with Gasteiger partial charge in [0.25, 0.3) is 0 Å². The topological polar surface area (TPSA) is 100 Å². The first-order valence-electron chi connectivity index (χ1n) is 12.4. The molecule has 0 aromatic rings. The van der Waals surface area contributed by atoms with Crippen molar-refractivity contribution >= 4 is 5.91 Å². The summed E-state index contributed by atoms with van der Waals surface area (Å²) in [5.74, 6) is 0.960. The predicted octanol–water partition coefficient (Wildman–Crippen LogP) is 2.59. The third kappa shape index (κ3) is 7.67. The average Bonchev–Trinajstić information content (AvgIpc) is 2.75. The van der Waals surface area contributed by atoms with Crippen molar-refractivity contribution in [1.29, 1.82) is 0 Å². The zero-order valence-electron chi connectivity index (χ0n) is 20.2. The quantitative estimate of drug-likeness (QED) is 0.534. The number of hydrogen-bond donors (Lipinski definition) is 4. The Bertz CT molecular complexity index is 534. The van der Waals surface area contributed by atoms with Gasteiger partial charge in [0.1, 0.15) is 6.10 Å². The number of rotatable bonds is 4. The van der Waals surface area contributed by atoms with Gasteiger partial charge in [-0.1, -0.05) is 46.5 Å². The molecule has 2 rings (SSSR count). The van der Waals surface area contributed by atoms with Crippen LogP contribution in [0.4, 0.5) is 0 Å². The van der Waals surface area contributed by atoms with E-state index in [0.29, 0.717) is 12.5 Å². The minimum atomic E-state index is -1.01. The highest BCUT2D eigenvalue weighted by atomic mass is 16.7. The van der Waals surface area contributed by atoms with E-state index >= 15 is 0 Å².